The van der Waals surface area contributed by atoms with Crippen LogP contribution in [0.1, 0.15) is 123 Å². The first-order valence-corrected chi connectivity index (χ1v) is 24.6. The molecule has 14 atom stereocenters. The van der Waals surface area contributed by atoms with E-state index in [9.17, 15) is 45.0 Å². The molecule has 1 aromatic carbocycles. The van der Waals surface area contributed by atoms with E-state index in [1.165, 1.54) is 12.0 Å². The summed E-state index contributed by atoms with van der Waals surface area (Å²) in [5.41, 5.74) is -1.15. The summed E-state index contributed by atoms with van der Waals surface area (Å²) in [5.74, 6) is -3.90. The maximum Gasteiger partial charge on any atom is 0.327 e. The van der Waals surface area contributed by atoms with Crippen molar-refractivity contribution in [1.29, 1.82) is 0 Å². The fraction of sp³-hybridized carbons (Fsp3) is 0.755. The van der Waals surface area contributed by atoms with Gasteiger partial charge in [-0.05, 0) is 58.1 Å². The molecule has 2 bridgehead atoms. The summed E-state index contributed by atoms with van der Waals surface area (Å²) in [6.45, 7) is 9.40. The summed E-state index contributed by atoms with van der Waals surface area (Å²) < 4.78 is 36.5. The van der Waals surface area contributed by atoms with Gasteiger partial charge in [-0.15, -0.1) is 0 Å². The number of nitrogens with one attached hydrogen (secondary N) is 2. The number of carbonyl (C=O) groups excluding carboxylic acids is 4. The van der Waals surface area contributed by atoms with Gasteiger partial charge in [0.25, 0.3) is 0 Å². The zero-order valence-corrected chi connectivity index (χ0v) is 40.7. The third kappa shape index (κ3) is 12.5. The molecule has 4 aliphatic heterocycles. The summed E-state index contributed by atoms with van der Waals surface area (Å²) in [6, 6.07) is 3.36. The van der Waals surface area contributed by atoms with Gasteiger partial charge in [0.05, 0.1) is 38.5 Å². The summed E-state index contributed by atoms with van der Waals surface area (Å²) in [7, 11) is 0. The number of ether oxygens (including phenoxy) is 6. The normalized spacial score (nSPS) is 32.0. The molecule has 20 nitrogen and oxygen atoms in total. The number of aliphatic hydroxyl groups excluding tert-OH is 6. The monoisotopic (exact) mass is 978 g/mol. The van der Waals surface area contributed by atoms with E-state index in [2.05, 4.69) is 24.5 Å². The van der Waals surface area contributed by atoms with Gasteiger partial charge in [-0.1, -0.05) is 75.9 Å². The van der Waals surface area contributed by atoms with Crippen LogP contribution < -0.4 is 10.6 Å². The maximum absolute atomic E-state index is 15.3. The Morgan fingerprint density at radius 3 is 2.28 bits per heavy atom. The highest BCUT2D eigenvalue weighted by Crippen LogP contribution is 2.58. The molecule has 2 unspecified atom stereocenters. The van der Waals surface area contributed by atoms with Crippen molar-refractivity contribution in [2.75, 3.05) is 19.8 Å². The van der Waals surface area contributed by atoms with Crippen molar-refractivity contribution in [2.45, 2.75) is 209 Å². The number of benzene rings is 1. The first kappa shape index (κ1) is 54.7. The average molecular weight is 978 g/mol. The van der Waals surface area contributed by atoms with Crippen molar-refractivity contribution >= 4 is 29.8 Å². The van der Waals surface area contributed by atoms with E-state index in [0.29, 0.717) is 24.0 Å². The Kier molecular flexibility index (Phi) is 18.8. The van der Waals surface area contributed by atoms with E-state index in [-0.39, 0.29) is 32.4 Å². The van der Waals surface area contributed by atoms with E-state index in [1.807, 2.05) is 12.1 Å². The molecule has 0 spiro atoms. The highest BCUT2D eigenvalue weighted by Gasteiger charge is 2.76. The number of rotatable bonds is 24. The van der Waals surface area contributed by atoms with Crippen molar-refractivity contribution in [3.8, 4) is 0 Å². The van der Waals surface area contributed by atoms with Crippen molar-refractivity contribution < 1.29 is 83.1 Å². The lowest BCUT2D eigenvalue weighted by Crippen LogP contribution is -2.71. The van der Waals surface area contributed by atoms with Crippen molar-refractivity contribution in [3.63, 3.8) is 0 Å². The van der Waals surface area contributed by atoms with Crippen LogP contribution in [0.2, 0.25) is 0 Å². The fourth-order valence-corrected chi connectivity index (χ4v) is 10.1. The van der Waals surface area contributed by atoms with Crippen molar-refractivity contribution in [1.82, 2.24) is 15.7 Å². The predicted octanol–water partition coefficient (Wildman–Crippen LogP) is 1.42. The summed E-state index contributed by atoms with van der Waals surface area (Å²) in [6.07, 6.45) is -2.59. The van der Waals surface area contributed by atoms with Crippen LogP contribution in [0.5, 0.6) is 0 Å². The van der Waals surface area contributed by atoms with Crippen LogP contribution in [-0.4, -0.2) is 170 Å². The molecule has 5 fully saturated rings. The summed E-state index contributed by atoms with van der Waals surface area (Å²) in [4.78, 5) is 63.0. The van der Waals surface area contributed by atoms with Crippen molar-refractivity contribution in [2.24, 2.45) is 5.41 Å². The Balaban J connectivity index is 1.28. The maximum atomic E-state index is 15.3. The number of hydrogen-bond acceptors (Lipinski definition) is 18. The van der Waals surface area contributed by atoms with Gasteiger partial charge in [-0.3, -0.25) is 24.0 Å². The fourth-order valence-electron chi connectivity index (χ4n) is 10.1. The highest BCUT2D eigenvalue weighted by molar-refractivity contribution is 5.96. The standard InChI is InChI=1S/C49H75N3O17/c1-7-9-13-21-48(22-14-10-8-2)67-39-32-24-49(46(62)51-35(28(3)55)43(60)50-31(26-53)19-20-34(56)66-47(4,5)6)41(44(61)64-32)52(69-42(49)40(39)68-48)25-30-17-12-11-16-29(30)18-15-23-63-45-38(59)37(58)36(57)33(27-54)65-45/h11-12,15-18,28,31-33,35-42,45,53-55,57-59H,7-10,13-14,19-27H2,1-6H3,(H,50,60)(H,51,62)/t28-,31-,32?,33+,35+,36-,37-,38+,39-,40-,41-,42+,45-,49?/m0/s1. The van der Waals surface area contributed by atoms with E-state index >= 15 is 4.79 Å². The Morgan fingerprint density at radius 2 is 1.64 bits per heavy atom. The predicted molar refractivity (Wildman–Crippen MR) is 245 cm³/mol. The molecule has 4 heterocycles. The number of amides is 2. The van der Waals surface area contributed by atoms with Gasteiger partial charge in [-0.25, -0.2) is 0 Å². The zero-order chi connectivity index (χ0) is 50.3. The second-order valence-electron chi connectivity index (χ2n) is 20.1. The number of fused-ring (bicyclic) bond motifs is 4. The van der Waals surface area contributed by atoms with E-state index in [1.54, 1.807) is 45.1 Å². The minimum atomic E-state index is -1.72. The van der Waals surface area contributed by atoms with E-state index < -0.39 is 133 Å². The summed E-state index contributed by atoms with van der Waals surface area (Å²) >= 11 is 0. The lowest BCUT2D eigenvalue weighted by atomic mass is 9.62. The Morgan fingerprint density at radius 1 is 0.957 bits per heavy atom. The number of aliphatic hydroxyl groups is 6. The van der Waals surface area contributed by atoms with Crippen LogP contribution in [0.15, 0.2) is 30.3 Å². The second kappa shape index (κ2) is 23.7. The third-order valence-corrected chi connectivity index (χ3v) is 13.6. The number of carbonyl (C=O) groups is 4. The Bertz CT molecular complexity index is 1920. The van der Waals surface area contributed by atoms with Crippen LogP contribution in [0.3, 0.4) is 0 Å². The van der Waals surface area contributed by atoms with Gasteiger partial charge in [-0.2, -0.15) is 5.06 Å². The zero-order valence-electron chi connectivity index (χ0n) is 40.7. The lowest BCUT2D eigenvalue weighted by molar-refractivity contribution is -0.298. The number of esters is 2. The molecule has 1 aromatic rings. The highest BCUT2D eigenvalue weighted by atomic mass is 16.8. The van der Waals surface area contributed by atoms with Gasteiger partial charge in [0.15, 0.2) is 18.1 Å². The number of unbranched alkanes of at least 4 members (excludes halogenated alkanes) is 4. The Labute approximate surface area is 403 Å². The molecule has 5 aliphatic rings. The molecule has 0 radical (unpaired) electrons. The second-order valence-corrected chi connectivity index (χ2v) is 20.1. The SMILES string of the molecule is CCCCCC1(CCCCC)O[C@@H]2[C@H]3ON(Cc4ccccc4C=CCO[C@H]4O[C@H](CO)[C@H](O)[C@H](O)[C@H]4O)[C@H]4C(=O)OC(CC34C(=O)N[C@@H](C(=O)N[C@H](CO)CCC(=O)OC(C)(C)C)[C@H](C)O)[C@@H]2O1. The van der Waals surface area contributed by atoms with Crippen LogP contribution in [0.4, 0.5) is 0 Å². The molecule has 2 amide bonds. The first-order valence-electron chi connectivity index (χ1n) is 24.6. The topological polar surface area (TPSA) is 282 Å². The van der Waals surface area contributed by atoms with Gasteiger partial charge < -0.3 is 69.7 Å². The first-order chi connectivity index (χ1) is 32.8. The van der Waals surface area contributed by atoms with Crippen LogP contribution in [0.25, 0.3) is 6.08 Å². The minimum absolute atomic E-state index is 0.0165. The Hall–Kier alpha value is -3.64. The number of hydrogen-bond donors (Lipinski definition) is 8. The van der Waals surface area contributed by atoms with Gasteiger partial charge in [0.2, 0.25) is 11.8 Å². The molecular weight excluding hydrogens is 903 g/mol. The van der Waals surface area contributed by atoms with Gasteiger partial charge in [0.1, 0.15) is 65.9 Å². The average Bonchev–Trinajstić information content (AvgIpc) is 3.86. The lowest BCUT2D eigenvalue weighted by Gasteiger charge is -2.49. The molecule has 4 saturated heterocycles. The molecule has 0 aromatic heterocycles. The quantitative estimate of drug-likeness (QED) is 0.0537. The van der Waals surface area contributed by atoms with Crippen molar-refractivity contribution in [3.05, 3.63) is 41.5 Å². The van der Waals surface area contributed by atoms with Crippen LogP contribution >= 0.6 is 0 Å². The van der Waals surface area contributed by atoms with Crippen LogP contribution in [-0.2, 0) is 59.0 Å². The third-order valence-electron chi connectivity index (χ3n) is 13.6. The molecule has 8 N–H and O–H groups in total. The minimum Gasteiger partial charge on any atom is -0.460 e. The number of nitrogens with zero attached hydrogens (tertiary/aromatic N) is 1. The number of hydroxylamine groups is 2. The van der Waals surface area contributed by atoms with Gasteiger partial charge >= 0.3 is 11.9 Å². The molecule has 6 rings (SSSR count). The molecule has 1 aliphatic carbocycles. The largest absolute Gasteiger partial charge is 0.460 e. The van der Waals surface area contributed by atoms with Gasteiger partial charge in [0, 0.05) is 25.7 Å². The van der Waals surface area contributed by atoms with E-state index in [0.717, 1.165) is 38.5 Å². The smallest absolute Gasteiger partial charge is 0.327 e. The van der Waals surface area contributed by atoms with Crippen LogP contribution in [0, 0.1) is 5.41 Å². The molecule has 20 heteroatoms. The van der Waals surface area contributed by atoms with E-state index in [4.69, 9.17) is 33.3 Å². The molecular formula is C49H75N3O17. The molecule has 388 valence electrons. The molecule has 1 saturated carbocycles. The summed E-state index contributed by atoms with van der Waals surface area (Å²) in [5, 5.41) is 68.4. The molecule has 69 heavy (non-hydrogen) atoms.